The molecule has 0 aromatic carbocycles. The Hall–Kier alpha value is -1.79. The van der Waals surface area contributed by atoms with Crippen molar-refractivity contribution in [2.24, 2.45) is 0 Å². The molecule has 0 radical (unpaired) electrons. The lowest BCUT2D eigenvalue weighted by atomic mass is 10.2. The summed E-state index contributed by atoms with van der Waals surface area (Å²) in [6.45, 7) is 11.8. The number of carboxylic acids is 1. The fourth-order valence-electron chi connectivity index (χ4n) is 3.14. The van der Waals surface area contributed by atoms with E-state index in [-0.39, 0.29) is 26.1 Å². The summed E-state index contributed by atoms with van der Waals surface area (Å²) in [5.41, 5.74) is 0. The SMILES string of the molecule is CCCCCOCCOCCOCCOCCOCCOCCOCCOCCOCCOCCOC(=O)CCC(=O)C(=O)O. The summed E-state index contributed by atoms with van der Waals surface area (Å²) in [5, 5.41) is 8.44. The van der Waals surface area contributed by atoms with E-state index < -0.39 is 17.7 Å². The van der Waals surface area contributed by atoms with Crippen molar-refractivity contribution in [3.05, 3.63) is 0 Å². The lowest BCUT2D eigenvalue weighted by Crippen LogP contribution is -2.17. The fraction of sp³-hybridized carbons (Fsp3) is 0.900. The topological polar surface area (TPSA) is 173 Å². The minimum atomic E-state index is -1.56. The Bertz CT molecular complexity index is 665. The van der Waals surface area contributed by atoms with E-state index in [0.29, 0.717) is 119 Å². The summed E-state index contributed by atoms with van der Waals surface area (Å²) in [6, 6.07) is 0. The van der Waals surface area contributed by atoms with E-state index in [1.165, 1.54) is 12.8 Å². The van der Waals surface area contributed by atoms with Crippen LogP contribution in [0.4, 0.5) is 0 Å². The highest BCUT2D eigenvalue weighted by Gasteiger charge is 2.14. The molecule has 0 rings (SSSR count). The Morgan fingerprint density at radius 1 is 0.400 bits per heavy atom. The first-order valence-electron chi connectivity index (χ1n) is 15.8. The maximum absolute atomic E-state index is 11.4. The van der Waals surface area contributed by atoms with Gasteiger partial charge in [-0.15, -0.1) is 0 Å². The van der Waals surface area contributed by atoms with Gasteiger partial charge in [0.1, 0.15) is 6.61 Å². The number of ketones is 1. The van der Waals surface area contributed by atoms with Gasteiger partial charge in [0.25, 0.3) is 0 Å². The van der Waals surface area contributed by atoms with Crippen LogP contribution in [0, 0.1) is 0 Å². The van der Waals surface area contributed by atoms with Gasteiger partial charge in [0.05, 0.1) is 132 Å². The number of carbonyl (C=O) groups excluding carboxylic acids is 2. The monoisotopic (exact) mass is 656 g/mol. The molecule has 0 saturated heterocycles. The zero-order valence-electron chi connectivity index (χ0n) is 27.0. The van der Waals surface area contributed by atoms with Crippen molar-refractivity contribution < 1.29 is 71.6 Å². The fourth-order valence-corrected chi connectivity index (χ4v) is 3.14. The van der Waals surface area contributed by atoms with Crippen LogP contribution >= 0.6 is 0 Å². The molecule has 0 aliphatic carbocycles. The molecule has 0 saturated carbocycles. The van der Waals surface area contributed by atoms with E-state index >= 15 is 0 Å². The highest BCUT2D eigenvalue weighted by Crippen LogP contribution is 1.96. The quantitative estimate of drug-likeness (QED) is 0.0572. The van der Waals surface area contributed by atoms with Crippen LogP contribution in [0.25, 0.3) is 0 Å². The molecule has 0 bridgehead atoms. The predicted molar refractivity (Wildman–Crippen MR) is 161 cm³/mol. The smallest absolute Gasteiger partial charge is 0.372 e. The van der Waals surface area contributed by atoms with Gasteiger partial charge in [-0.1, -0.05) is 19.8 Å². The largest absolute Gasteiger partial charge is 0.476 e. The summed E-state index contributed by atoms with van der Waals surface area (Å²) in [4.78, 5) is 32.6. The zero-order chi connectivity index (χ0) is 32.9. The number of carbonyl (C=O) groups is 3. The molecule has 266 valence electrons. The molecule has 15 heteroatoms. The van der Waals surface area contributed by atoms with Gasteiger partial charge in [-0.05, 0) is 6.42 Å². The summed E-state index contributed by atoms with van der Waals surface area (Å²) >= 11 is 0. The predicted octanol–water partition coefficient (Wildman–Crippen LogP) is 1.32. The molecule has 1 N–H and O–H groups in total. The van der Waals surface area contributed by atoms with Gasteiger partial charge in [-0.3, -0.25) is 9.59 Å². The van der Waals surface area contributed by atoms with Crippen LogP contribution in [0.2, 0.25) is 0 Å². The third-order valence-electron chi connectivity index (χ3n) is 5.53. The highest BCUT2D eigenvalue weighted by molar-refractivity contribution is 6.32. The Morgan fingerprint density at radius 2 is 0.689 bits per heavy atom. The van der Waals surface area contributed by atoms with Crippen LogP contribution in [0.1, 0.15) is 39.0 Å². The van der Waals surface area contributed by atoms with Crippen molar-refractivity contribution in [2.45, 2.75) is 39.0 Å². The molecule has 0 unspecified atom stereocenters. The number of aliphatic carboxylic acids is 1. The number of unbranched alkanes of at least 4 members (excludes halogenated alkanes) is 2. The molecule has 45 heavy (non-hydrogen) atoms. The summed E-state index contributed by atoms with van der Waals surface area (Å²) in [6.07, 6.45) is 2.86. The molecule has 0 heterocycles. The molecule has 0 aliphatic rings. The minimum Gasteiger partial charge on any atom is -0.476 e. The number of esters is 1. The average molecular weight is 657 g/mol. The van der Waals surface area contributed by atoms with Crippen molar-refractivity contribution in [1.82, 2.24) is 0 Å². The third-order valence-corrected chi connectivity index (χ3v) is 5.53. The van der Waals surface area contributed by atoms with Gasteiger partial charge in [-0.2, -0.15) is 0 Å². The van der Waals surface area contributed by atoms with Gasteiger partial charge < -0.3 is 57.2 Å². The van der Waals surface area contributed by atoms with Crippen molar-refractivity contribution in [2.75, 3.05) is 139 Å². The highest BCUT2D eigenvalue weighted by atomic mass is 16.6. The third kappa shape index (κ3) is 36.6. The van der Waals surface area contributed by atoms with E-state index in [9.17, 15) is 14.4 Å². The molecule has 0 amide bonds. The van der Waals surface area contributed by atoms with Crippen LogP contribution in [-0.4, -0.2) is 162 Å². The van der Waals surface area contributed by atoms with Crippen molar-refractivity contribution in [1.29, 1.82) is 0 Å². The zero-order valence-corrected chi connectivity index (χ0v) is 27.0. The first-order valence-corrected chi connectivity index (χ1v) is 15.8. The van der Waals surface area contributed by atoms with E-state index in [1.807, 2.05) is 0 Å². The van der Waals surface area contributed by atoms with Crippen LogP contribution < -0.4 is 0 Å². The van der Waals surface area contributed by atoms with Crippen LogP contribution in [0.3, 0.4) is 0 Å². The van der Waals surface area contributed by atoms with Crippen molar-refractivity contribution >= 4 is 17.7 Å². The Kier molecular flexibility index (Phi) is 35.2. The minimum absolute atomic E-state index is 0.0164. The molecule has 0 atom stereocenters. The van der Waals surface area contributed by atoms with Gasteiger partial charge >= 0.3 is 11.9 Å². The summed E-state index contributed by atoms with van der Waals surface area (Å²) in [5.74, 6) is -3.23. The van der Waals surface area contributed by atoms with Gasteiger partial charge in [0, 0.05) is 13.0 Å². The molecule has 0 aliphatic heterocycles. The van der Waals surface area contributed by atoms with Crippen LogP contribution in [0.15, 0.2) is 0 Å². The number of ether oxygens (including phenoxy) is 11. The Morgan fingerprint density at radius 3 is 0.978 bits per heavy atom. The standard InChI is InChI=1S/C30H56O15/c1-2-3-4-7-35-8-9-36-10-11-37-12-13-38-14-15-39-16-17-40-18-19-41-20-21-42-22-23-43-24-25-44-26-27-45-29(32)6-5-28(31)30(33)34/h2-27H2,1H3,(H,33,34). The second kappa shape index (κ2) is 36.7. The summed E-state index contributed by atoms with van der Waals surface area (Å²) < 4.78 is 59.0. The maximum atomic E-state index is 11.4. The van der Waals surface area contributed by atoms with Crippen LogP contribution in [0.5, 0.6) is 0 Å². The molecule has 0 aromatic heterocycles. The Balaban J connectivity index is 3.12. The van der Waals surface area contributed by atoms with Crippen molar-refractivity contribution in [3.63, 3.8) is 0 Å². The van der Waals surface area contributed by atoms with E-state index in [0.717, 1.165) is 13.0 Å². The first kappa shape index (κ1) is 43.2. The first-order chi connectivity index (χ1) is 22.1. The summed E-state index contributed by atoms with van der Waals surface area (Å²) in [7, 11) is 0. The van der Waals surface area contributed by atoms with Gasteiger partial charge in [0.2, 0.25) is 5.78 Å². The van der Waals surface area contributed by atoms with E-state index in [1.54, 1.807) is 0 Å². The number of Topliss-reactive ketones (excluding diaryl/α,β-unsaturated/α-hetero) is 1. The molecule has 15 nitrogen and oxygen atoms in total. The van der Waals surface area contributed by atoms with Crippen molar-refractivity contribution in [3.8, 4) is 0 Å². The number of hydrogen-bond acceptors (Lipinski definition) is 14. The van der Waals surface area contributed by atoms with E-state index in [2.05, 4.69) is 6.92 Å². The lowest BCUT2D eigenvalue weighted by molar-refractivity contribution is -0.151. The second-order valence-corrected chi connectivity index (χ2v) is 9.28. The van der Waals surface area contributed by atoms with E-state index in [4.69, 9.17) is 57.2 Å². The maximum Gasteiger partial charge on any atom is 0.372 e. The van der Waals surface area contributed by atoms with Gasteiger partial charge in [0.15, 0.2) is 0 Å². The average Bonchev–Trinajstić information content (AvgIpc) is 3.03. The number of rotatable bonds is 38. The van der Waals surface area contributed by atoms with Crippen LogP contribution in [-0.2, 0) is 66.5 Å². The second-order valence-electron chi connectivity index (χ2n) is 9.28. The normalized spacial score (nSPS) is 11.2. The molecule has 0 fully saturated rings. The molecule has 0 aromatic rings. The molecular weight excluding hydrogens is 600 g/mol. The number of carboxylic acid groups (broad SMARTS) is 1. The van der Waals surface area contributed by atoms with Gasteiger partial charge in [-0.25, -0.2) is 4.79 Å². The molecular formula is C30H56O15. The lowest BCUT2D eigenvalue weighted by Gasteiger charge is -2.09. The number of hydrogen-bond donors (Lipinski definition) is 1. The molecule has 0 spiro atoms. The Labute approximate surface area is 267 Å².